The molecule has 18 heavy (non-hydrogen) atoms. The molecular formula is C13H15N3O2. The predicted molar refractivity (Wildman–Crippen MR) is 67.5 cm³/mol. The van der Waals surface area contributed by atoms with Crippen LogP contribution in [0.3, 0.4) is 0 Å². The third kappa shape index (κ3) is 2.25. The quantitative estimate of drug-likeness (QED) is 0.896. The molecule has 0 amide bonds. The monoisotopic (exact) mass is 245 g/mol. The number of nitrogens with zero attached hydrogens (tertiary/aromatic N) is 3. The van der Waals surface area contributed by atoms with Crippen molar-refractivity contribution in [3.05, 3.63) is 35.8 Å². The Bertz CT molecular complexity index is 575. The van der Waals surface area contributed by atoms with Crippen molar-refractivity contribution < 1.29 is 9.90 Å². The lowest BCUT2D eigenvalue weighted by molar-refractivity contribution is 0.0695. The van der Waals surface area contributed by atoms with Crippen LogP contribution in [0.25, 0.3) is 11.3 Å². The van der Waals surface area contributed by atoms with E-state index in [0.717, 1.165) is 17.8 Å². The molecule has 94 valence electrons. The molecule has 0 aliphatic carbocycles. The van der Waals surface area contributed by atoms with Crippen LogP contribution in [0.1, 0.15) is 29.9 Å². The molecule has 0 spiro atoms. The number of hydrogen-bond donors (Lipinski definition) is 1. The normalized spacial score (nSPS) is 10.6. The van der Waals surface area contributed by atoms with Crippen LogP contribution in [0.5, 0.6) is 0 Å². The van der Waals surface area contributed by atoms with Gasteiger partial charge < -0.3 is 5.11 Å². The highest BCUT2D eigenvalue weighted by atomic mass is 16.4. The zero-order valence-electron chi connectivity index (χ0n) is 10.4. The van der Waals surface area contributed by atoms with Crippen molar-refractivity contribution >= 4 is 5.97 Å². The van der Waals surface area contributed by atoms with E-state index in [9.17, 15) is 4.79 Å². The van der Waals surface area contributed by atoms with E-state index in [2.05, 4.69) is 10.1 Å². The van der Waals surface area contributed by atoms with Gasteiger partial charge in [-0.15, -0.1) is 0 Å². The van der Waals surface area contributed by atoms with Crippen LogP contribution in [-0.4, -0.2) is 25.8 Å². The molecule has 5 heteroatoms. The number of carboxylic acids is 1. The summed E-state index contributed by atoms with van der Waals surface area (Å²) in [5.74, 6) is -0.935. The molecular weight excluding hydrogens is 230 g/mol. The first-order valence-corrected chi connectivity index (χ1v) is 5.91. The van der Waals surface area contributed by atoms with Crippen LogP contribution in [0.15, 0.2) is 24.5 Å². The van der Waals surface area contributed by atoms with Crippen molar-refractivity contribution in [2.45, 2.75) is 26.8 Å². The number of aromatic nitrogens is 3. The largest absolute Gasteiger partial charge is 0.478 e. The molecule has 1 N–H and O–H groups in total. The van der Waals surface area contributed by atoms with Gasteiger partial charge in [-0.25, -0.2) is 4.79 Å². The Hall–Kier alpha value is -2.17. The molecule has 0 aliphatic rings. The average molecular weight is 245 g/mol. The van der Waals surface area contributed by atoms with E-state index in [-0.39, 0.29) is 5.56 Å². The molecule has 0 unspecified atom stereocenters. The highest BCUT2D eigenvalue weighted by Crippen LogP contribution is 2.19. The summed E-state index contributed by atoms with van der Waals surface area (Å²) in [5.41, 5.74) is 2.54. The van der Waals surface area contributed by atoms with Gasteiger partial charge >= 0.3 is 5.97 Å². The number of rotatable bonds is 4. The lowest BCUT2D eigenvalue weighted by atomic mass is 10.1. The van der Waals surface area contributed by atoms with E-state index in [4.69, 9.17) is 5.11 Å². The summed E-state index contributed by atoms with van der Waals surface area (Å²) < 4.78 is 1.81. The number of carbonyl (C=O) groups is 1. The molecule has 2 aromatic rings. The Morgan fingerprint density at radius 2 is 2.17 bits per heavy atom. The minimum absolute atomic E-state index is 0.268. The molecule has 5 nitrogen and oxygen atoms in total. The fourth-order valence-electron chi connectivity index (χ4n) is 1.80. The molecule has 2 rings (SSSR count). The molecule has 2 aromatic heterocycles. The van der Waals surface area contributed by atoms with E-state index in [1.807, 2.05) is 24.7 Å². The van der Waals surface area contributed by atoms with Crippen LogP contribution >= 0.6 is 0 Å². The maximum absolute atomic E-state index is 11.0. The summed E-state index contributed by atoms with van der Waals surface area (Å²) in [7, 11) is 0. The van der Waals surface area contributed by atoms with Gasteiger partial charge in [0.05, 0.1) is 23.1 Å². The average Bonchev–Trinajstić information content (AvgIpc) is 2.86. The Kier molecular flexibility index (Phi) is 3.41. The maximum atomic E-state index is 11.0. The first kappa shape index (κ1) is 12.3. The Morgan fingerprint density at radius 1 is 1.39 bits per heavy atom. The minimum Gasteiger partial charge on any atom is -0.478 e. The number of aromatic carboxylic acids is 1. The maximum Gasteiger partial charge on any atom is 0.337 e. The molecule has 2 heterocycles. The zero-order chi connectivity index (χ0) is 13.1. The number of hydrogen-bond acceptors (Lipinski definition) is 3. The zero-order valence-corrected chi connectivity index (χ0v) is 10.4. The fourth-order valence-corrected chi connectivity index (χ4v) is 1.80. The molecule has 0 atom stereocenters. The second-order valence-corrected chi connectivity index (χ2v) is 3.93. The Balaban J connectivity index is 2.43. The Morgan fingerprint density at radius 3 is 2.72 bits per heavy atom. The van der Waals surface area contributed by atoms with Crippen molar-refractivity contribution in [2.24, 2.45) is 0 Å². The topological polar surface area (TPSA) is 68.0 Å². The fraction of sp³-hybridized carbons (Fsp3) is 0.308. The third-order valence-corrected chi connectivity index (χ3v) is 2.79. The summed E-state index contributed by atoms with van der Waals surface area (Å²) in [6.07, 6.45) is 4.24. The van der Waals surface area contributed by atoms with E-state index >= 15 is 0 Å². The van der Waals surface area contributed by atoms with Crippen LogP contribution < -0.4 is 0 Å². The lowest BCUT2D eigenvalue weighted by Gasteiger charge is -2.04. The Labute approximate surface area is 105 Å². The summed E-state index contributed by atoms with van der Waals surface area (Å²) in [4.78, 5) is 15.4. The summed E-state index contributed by atoms with van der Waals surface area (Å²) in [6.45, 7) is 4.71. The van der Waals surface area contributed by atoms with Crippen molar-refractivity contribution in [3.8, 4) is 11.3 Å². The smallest absolute Gasteiger partial charge is 0.337 e. The van der Waals surface area contributed by atoms with Gasteiger partial charge in [0.2, 0.25) is 0 Å². The SMILES string of the molecule is CCc1nc(-c2cnn(CC)c2)ccc1C(=O)O. The summed E-state index contributed by atoms with van der Waals surface area (Å²) in [6, 6.07) is 3.33. The van der Waals surface area contributed by atoms with Crippen molar-refractivity contribution in [1.29, 1.82) is 0 Å². The first-order valence-electron chi connectivity index (χ1n) is 5.91. The van der Waals surface area contributed by atoms with Gasteiger partial charge in [-0.05, 0) is 25.5 Å². The van der Waals surface area contributed by atoms with Crippen LogP contribution in [-0.2, 0) is 13.0 Å². The lowest BCUT2D eigenvalue weighted by Crippen LogP contribution is -2.04. The van der Waals surface area contributed by atoms with Crippen LogP contribution in [0.4, 0.5) is 0 Å². The van der Waals surface area contributed by atoms with Crippen molar-refractivity contribution in [1.82, 2.24) is 14.8 Å². The van der Waals surface area contributed by atoms with Gasteiger partial charge in [-0.1, -0.05) is 6.92 Å². The van der Waals surface area contributed by atoms with Gasteiger partial charge in [-0.3, -0.25) is 9.67 Å². The number of pyridine rings is 1. The molecule has 0 saturated heterocycles. The minimum atomic E-state index is -0.935. The summed E-state index contributed by atoms with van der Waals surface area (Å²) in [5, 5.41) is 13.2. The van der Waals surface area contributed by atoms with Gasteiger partial charge in [0, 0.05) is 18.3 Å². The van der Waals surface area contributed by atoms with E-state index in [1.54, 1.807) is 18.3 Å². The molecule has 0 saturated carbocycles. The van der Waals surface area contributed by atoms with E-state index in [1.165, 1.54) is 0 Å². The van der Waals surface area contributed by atoms with Crippen molar-refractivity contribution in [2.75, 3.05) is 0 Å². The standard InChI is InChI=1S/C13H15N3O2/c1-3-11-10(13(17)18)5-6-12(15-11)9-7-14-16(4-2)8-9/h5-8H,3-4H2,1-2H3,(H,17,18). The van der Waals surface area contributed by atoms with E-state index in [0.29, 0.717) is 12.1 Å². The van der Waals surface area contributed by atoms with Crippen molar-refractivity contribution in [3.63, 3.8) is 0 Å². The molecule has 0 radical (unpaired) electrons. The van der Waals surface area contributed by atoms with Gasteiger partial charge in [0.1, 0.15) is 0 Å². The number of carboxylic acid groups (broad SMARTS) is 1. The third-order valence-electron chi connectivity index (χ3n) is 2.79. The predicted octanol–water partition coefficient (Wildman–Crippen LogP) is 2.23. The summed E-state index contributed by atoms with van der Waals surface area (Å²) >= 11 is 0. The van der Waals surface area contributed by atoms with Gasteiger partial charge in [0.15, 0.2) is 0 Å². The van der Waals surface area contributed by atoms with Gasteiger partial charge in [-0.2, -0.15) is 5.10 Å². The van der Waals surface area contributed by atoms with Gasteiger partial charge in [0.25, 0.3) is 0 Å². The first-order chi connectivity index (χ1) is 8.65. The highest BCUT2D eigenvalue weighted by Gasteiger charge is 2.12. The second-order valence-electron chi connectivity index (χ2n) is 3.93. The molecule has 0 aromatic carbocycles. The molecule has 0 fully saturated rings. The highest BCUT2D eigenvalue weighted by molar-refractivity contribution is 5.89. The second kappa shape index (κ2) is 5.00. The van der Waals surface area contributed by atoms with Crippen LogP contribution in [0.2, 0.25) is 0 Å². The van der Waals surface area contributed by atoms with Crippen LogP contribution in [0, 0.1) is 0 Å². The van der Waals surface area contributed by atoms with E-state index < -0.39 is 5.97 Å². The molecule has 0 aliphatic heterocycles. The number of aryl methyl sites for hydroxylation is 2. The molecule has 0 bridgehead atoms.